The Balaban J connectivity index is 2.21. The summed E-state index contributed by atoms with van der Waals surface area (Å²) >= 11 is 6.01. The van der Waals surface area contributed by atoms with E-state index in [1.165, 1.54) is 5.56 Å². The predicted molar refractivity (Wildman–Crippen MR) is 69.5 cm³/mol. The molecule has 1 fully saturated rings. The summed E-state index contributed by atoms with van der Waals surface area (Å²) in [6.07, 6.45) is 1.12. The number of hydrogen-bond acceptors (Lipinski definition) is 3. The van der Waals surface area contributed by atoms with E-state index in [9.17, 15) is 0 Å². The third-order valence-corrected chi connectivity index (χ3v) is 3.47. The first-order valence-electron chi connectivity index (χ1n) is 5.88. The highest BCUT2D eigenvalue weighted by Crippen LogP contribution is 2.28. The van der Waals surface area contributed by atoms with E-state index in [1.54, 1.807) is 0 Å². The summed E-state index contributed by atoms with van der Waals surface area (Å²) in [5, 5.41) is 4.85. The van der Waals surface area contributed by atoms with Crippen molar-refractivity contribution >= 4 is 22.5 Å². The molecular formula is C13H14ClN3. The lowest BCUT2D eigenvalue weighted by molar-refractivity contribution is 0.740. The molecule has 2 aromatic rings. The molecule has 0 saturated carbocycles. The second kappa shape index (κ2) is 4.24. The van der Waals surface area contributed by atoms with Crippen LogP contribution in [0.4, 0.5) is 0 Å². The van der Waals surface area contributed by atoms with Gasteiger partial charge in [-0.15, -0.1) is 0 Å². The lowest BCUT2D eigenvalue weighted by Crippen LogP contribution is -2.09. The van der Waals surface area contributed by atoms with E-state index >= 15 is 0 Å². The summed E-state index contributed by atoms with van der Waals surface area (Å²) in [6.45, 7) is 4.10. The van der Waals surface area contributed by atoms with E-state index in [-0.39, 0.29) is 0 Å². The fraction of sp³-hybridized carbons (Fsp3) is 0.385. The lowest BCUT2D eigenvalue weighted by atomic mass is 9.99. The lowest BCUT2D eigenvalue weighted by Gasteiger charge is -2.11. The Labute approximate surface area is 105 Å². The Morgan fingerprint density at radius 1 is 1.35 bits per heavy atom. The van der Waals surface area contributed by atoms with Crippen LogP contribution >= 0.6 is 11.6 Å². The van der Waals surface area contributed by atoms with Crippen molar-refractivity contribution in [2.24, 2.45) is 0 Å². The number of benzene rings is 1. The largest absolute Gasteiger partial charge is 0.316 e. The van der Waals surface area contributed by atoms with Gasteiger partial charge in [0.2, 0.25) is 5.28 Å². The van der Waals surface area contributed by atoms with Gasteiger partial charge >= 0.3 is 0 Å². The van der Waals surface area contributed by atoms with Gasteiger partial charge in [-0.25, -0.2) is 9.97 Å². The van der Waals surface area contributed by atoms with Crippen LogP contribution in [0.1, 0.15) is 23.6 Å². The minimum Gasteiger partial charge on any atom is -0.316 e. The number of aryl methyl sites for hydroxylation is 1. The monoisotopic (exact) mass is 247 g/mol. The maximum atomic E-state index is 6.01. The minimum atomic E-state index is 0.352. The molecule has 0 amide bonds. The minimum absolute atomic E-state index is 0.352. The van der Waals surface area contributed by atoms with Crippen LogP contribution in [-0.4, -0.2) is 23.1 Å². The fourth-order valence-electron chi connectivity index (χ4n) is 2.43. The topological polar surface area (TPSA) is 37.8 Å². The van der Waals surface area contributed by atoms with Gasteiger partial charge in [-0.2, -0.15) is 0 Å². The molecule has 88 valence electrons. The van der Waals surface area contributed by atoms with Crippen LogP contribution in [0, 0.1) is 6.92 Å². The summed E-state index contributed by atoms with van der Waals surface area (Å²) in [7, 11) is 0. The molecule has 4 heteroatoms. The molecule has 1 aliphatic rings. The van der Waals surface area contributed by atoms with Gasteiger partial charge in [-0.3, -0.25) is 0 Å². The van der Waals surface area contributed by atoms with Crippen molar-refractivity contribution in [2.75, 3.05) is 13.1 Å². The first-order chi connectivity index (χ1) is 8.24. The Kier molecular flexibility index (Phi) is 2.73. The van der Waals surface area contributed by atoms with E-state index in [4.69, 9.17) is 11.6 Å². The van der Waals surface area contributed by atoms with Crippen molar-refractivity contribution in [3.05, 3.63) is 34.7 Å². The van der Waals surface area contributed by atoms with Gasteiger partial charge in [0, 0.05) is 17.8 Å². The highest BCUT2D eigenvalue weighted by Gasteiger charge is 2.21. The van der Waals surface area contributed by atoms with Crippen LogP contribution in [0.5, 0.6) is 0 Å². The number of aromatic nitrogens is 2. The van der Waals surface area contributed by atoms with Crippen molar-refractivity contribution in [1.82, 2.24) is 15.3 Å². The quantitative estimate of drug-likeness (QED) is 0.788. The average molecular weight is 248 g/mol. The van der Waals surface area contributed by atoms with E-state index in [0.29, 0.717) is 11.2 Å². The highest BCUT2D eigenvalue weighted by atomic mass is 35.5. The second-order valence-electron chi connectivity index (χ2n) is 4.59. The third kappa shape index (κ3) is 2.01. The zero-order chi connectivity index (χ0) is 11.8. The maximum Gasteiger partial charge on any atom is 0.223 e. The van der Waals surface area contributed by atoms with Crippen molar-refractivity contribution in [3.63, 3.8) is 0 Å². The van der Waals surface area contributed by atoms with Crippen LogP contribution < -0.4 is 5.32 Å². The number of nitrogens with zero attached hydrogens (tertiary/aromatic N) is 2. The molecular weight excluding hydrogens is 234 g/mol. The molecule has 0 bridgehead atoms. The Bertz CT molecular complexity index is 557. The summed E-state index contributed by atoms with van der Waals surface area (Å²) in [5.74, 6) is 0.459. The summed E-state index contributed by atoms with van der Waals surface area (Å²) in [4.78, 5) is 8.73. The molecule has 1 atom stereocenters. The van der Waals surface area contributed by atoms with Gasteiger partial charge < -0.3 is 5.32 Å². The normalized spacial score (nSPS) is 20.0. The van der Waals surface area contributed by atoms with Gasteiger partial charge in [0.25, 0.3) is 0 Å². The van der Waals surface area contributed by atoms with E-state index in [1.807, 2.05) is 0 Å². The molecule has 3 rings (SSSR count). The van der Waals surface area contributed by atoms with Crippen LogP contribution in [0.3, 0.4) is 0 Å². The van der Waals surface area contributed by atoms with Crippen molar-refractivity contribution in [2.45, 2.75) is 19.3 Å². The Hall–Kier alpha value is -1.19. The zero-order valence-corrected chi connectivity index (χ0v) is 10.5. The average Bonchev–Trinajstić information content (AvgIpc) is 2.80. The van der Waals surface area contributed by atoms with Crippen LogP contribution in [0.15, 0.2) is 18.2 Å². The molecule has 0 spiro atoms. The van der Waals surface area contributed by atoms with E-state index in [2.05, 4.69) is 40.4 Å². The SMILES string of the molecule is Cc1ccc2c(C3CCNC3)nc(Cl)nc2c1. The van der Waals surface area contributed by atoms with Crippen molar-refractivity contribution in [1.29, 1.82) is 0 Å². The zero-order valence-electron chi connectivity index (χ0n) is 9.70. The molecule has 17 heavy (non-hydrogen) atoms. The molecule has 0 radical (unpaired) electrons. The summed E-state index contributed by atoms with van der Waals surface area (Å²) in [6, 6.07) is 6.27. The van der Waals surface area contributed by atoms with Gasteiger partial charge in [0.05, 0.1) is 11.2 Å². The molecule has 1 aromatic heterocycles. The third-order valence-electron chi connectivity index (χ3n) is 3.30. The highest BCUT2D eigenvalue weighted by molar-refractivity contribution is 6.28. The van der Waals surface area contributed by atoms with Gasteiger partial charge in [0.15, 0.2) is 0 Å². The van der Waals surface area contributed by atoms with E-state index < -0.39 is 0 Å². The molecule has 1 aromatic carbocycles. The standard InChI is InChI=1S/C13H14ClN3/c1-8-2-3-10-11(6-8)16-13(14)17-12(10)9-4-5-15-7-9/h2-3,6,9,15H,4-5,7H2,1H3. The number of fused-ring (bicyclic) bond motifs is 1. The molecule has 1 unspecified atom stereocenters. The van der Waals surface area contributed by atoms with Crippen molar-refractivity contribution in [3.8, 4) is 0 Å². The van der Waals surface area contributed by atoms with Gasteiger partial charge in [0.1, 0.15) is 0 Å². The second-order valence-corrected chi connectivity index (χ2v) is 4.93. The number of hydrogen-bond donors (Lipinski definition) is 1. The molecule has 3 nitrogen and oxygen atoms in total. The molecule has 1 N–H and O–H groups in total. The Morgan fingerprint density at radius 3 is 3.00 bits per heavy atom. The number of halogens is 1. The first-order valence-corrected chi connectivity index (χ1v) is 6.26. The fourth-order valence-corrected chi connectivity index (χ4v) is 2.62. The summed E-state index contributed by atoms with van der Waals surface area (Å²) in [5.41, 5.74) is 3.24. The van der Waals surface area contributed by atoms with Gasteiger partial charge in [-0.1, -0.05) is 12.1 Å². The Morgan fingerprint density at radius 2 is 2.24 bits per heavy atom. The van der Waals surface area contributed by atoms with Crippen LogP contribution in [0.2, 0.25) is 5.28 Å². The molecule has 2 heterocycles. The molecule has 1 saturated heterocycles. The summed E-state index contributed by atoms with van der Waals surface area (Å²) < 4.78 is 0. The molecule has 1 aliphatic heterocycles. The molecule has 0 aliphatic carbocycles. The number of rotatable bonds is 1. The number of nitrogens with one attached hydrogen (secondary N) is 1. The predicted octanol–water partition coefficient (Wildman–Crippen LogP) is 2.67. The smallest absolute Gasteiger partial charge is 0.223 e. The van der Waals surface area contributed by atoms with Crippen molar-refractivity contribution < 1.29 is 0 Å². The van der Waals surface area contributed by atoms with Crippen LogP contribution in [-0.2, 0) is 0 Å². The van der Waals surface area contributed by atoms with Crippen LogP contribution in [0.25, 0.3) is 10.9 Å². The first kappa shape index (κ1) is 10.9. The van der Waals surface area contributed by atoms with E-state index in [0.717, 1.165) is 36.1 Å². The maximum absolute atomic E-state index is 6.01. The van der Waals surface area contributed by atoms with Gasteiger partial charge in [-0.05, 0) is 43.1 Å².